The zero-order chi connectivity index (χ0) is 19.0. The molecule has 148 valence electrons. The Labute approximate surface area is 157 Å². The number of carbonyl (C=O) groups excluding carboxylic acids is 1. The van der Waals surface area contributed by atoms with Gasteiger partial charge in [-0.2, -0.15) is 0 Å². The van der Waals surface area contributed by atoms with Crippen LogP contribution in [-0.4, -0.2) is 54.9 Å². The second-order valence-corrected chi connectivity index (χ2v) is 6.29. The van der Waals surface area contributed by atoms with Gasteiger partial charge >= 0.3 is 0 Å². The molecule has 0 bridgehead atoms. The van der Waals surface area contributed by atoms with Gasteiger partial charge in [0, 0.05) is 51.5 Å². The van der Waals surface area contributed by atoms with Crippen molar-refractivity contribution in [1.82, 2.24) is 9.47 Å². The second-order valence-electron chi connectivity index (χ2n) is 6.29. The molecular weight excluding hydrogens is 332 g/mol. The maximum atomic E-state index is 11.3. The normalized spacial score (nSPS) is 14.1. The van der Waals surface area contributed by atoms with Crippen LogP contribution in [0.4, 0.5) is 0 Å². The predicted octanol–water partition coefficient (Wildman–Crippen LogP) is 2.70. The number of hydrogen-bond donors (Lipinski definition) is 0. The molecule has 0 saturated carbocycles. The van der Waals surface area contributed by atoms with Crippen molar-refractivity contribution in [1.29, 1.82) is 0 Å². The molecule has 1 aliphatic heterocycles. The number of likely N-dealkylation sites (tertiary alicyclic amines) is 1. The number of aromatic nitrogens is 1. The third kappa shape index (κ3) is 9.73. The maximum Gasteiger partial charge on any atom is 0.250 e. The second kappa shape index (κ2) is 14.5. The summed E-state index contributed by atoms with van der Waals surface area (Å²) >= 11 is 0. The van der Waals surface area contributed by atoms with Crippen molar-refractivity contribution in [2.45, 2.75) is 52.5 Å². The van der Waals surface area contributed by atoms with E-state index in [0.29, 0.717) is 25.7 Å². The Balaban J connectivity index is 0.000000260. The van der Waals surface area contributed by atoms with Crippen LogP contribution in [0.1, 0.15) is 46.0 Å². The van der Waals surface area contributed by atoms with Crippen molar-refractivity contribution in [2.24, 2.45) is 0 Å². The number of nitrogens with zero attached hydrogens (tertiary/aromatic N) is 2. The molecule has 1 saturated heterocycles. The van der Waals surface area contributed by atoms with Crippen LogP contribution in [0.5, 0.6) is 0 Å². The molecule has 2 heterocycles. The molecule has 1 aromatic heterocycles. The van der Waals surface area contributed by atoms with Gasteiger partial charge in [-0.3, -0.25) is 9.59 Å². The molecule has 6 heteroatoms. The highest BCUT2D eigenvalue weighted by Gasteiger charge is 2.16. The zero-order valence-corrected chi connectivity index (χ0v) is 16.3. The van der Waals surface area contributed by atoms with Gasteiger partial charge in [0.15, 0.2) is 0 Å². The standard InChI is InChI=1S/C10H19NO2.C10H15NO2/c2*1-2-8-13-9-7-11-6-4-3-5-10(11)12/h2-9H2,1H3;3-6H,2,7-9H2,1H3. The van der Waals surface area contributed by atoms with Crippen LogP contribution in [0.3, 0.4) is 0 Å². The third-order valence-corrected chi connectivity index (χ3v) is 4.00. The fraction of sp³-hybridized carbons (Fsp3) is 0.700. The van der Waals surface area contributed by atoms with Crippen molar-refractivity contribution in [3.8, 4) is 0 Å². The van der Waals surface area contributed by atoms with Gasteiger partial charge in [0.2, 0.25) is 5.91 Å². The predicted molar refractivity (Wildman–Crippen MR) is 103 cm³/mol. The molecule has 0 atom stereocenters. The summed E-state index contributed by atoms with van der Waals surface area (Å²) in [6.45, 7) is 9.37. The summed E-state index contributed by atoms with van der Waals surface area (Å²) in [5, 5.41) is 0. The number of piperidine rings is 1. The first kappa shape index (κ1) is 22.4. The van der Waals surface area contributed by atoms with E-state index in [1.807, 2.05) is 11.0 Å². The smallest absolute Gasteiger partial charge is 0.250 e. The zero-order valence-electron chi connectivity index (χ0n) is 16.3. The molecule has 0 spiro atoms. The summed E-state index contributed by atoms with van der Waals surface area (Å²) in [6.07, 6.45) is 6.79. The van der Waals surface area contributed by atoms with Crippen molar-refractivity contribution in [3.05, 3.63) is 34.7 Å². The minimum atomic E-state index is 0.0302. The van der Waals surface area contributed by atoms with Gasteiger partial charge in [0.1, 0.15) is 0 Å². The lowest BCUT2D eigenvalue weighted by molar-refractivity contribution is -0.134. The summed E-state index contributed by atoms with van der Waals surface area (Å²) < 4.78 is 12.3. The van der Waals surface area contributed by atoms with Crippen molar-refractivity contribution >= 4 is 5.91 Å². The molecule has 26 heavy (non-hydrogen) atoms. The number of pyridine rings is 1. The molecule has 1 aliphatic rings. The largest absolute Gasteiger partial charge is 0.380 e. The van der Waals surface area contributed by atoms with Crippen LogP contribution in [0, 0.1) is 0 Å². The molecule has 1 fully saturated rings. The van der Waals surface area contributed by atoms with Gasteiger partial charge in [-0.1, -0.05) is 19.9 Å². The van der Waals surface area contributed by atoms with E-state index in [1.54, 1.807) is 22.9 Å². The monoisotopic (exact) mass is 366 g/mol. The highest BCUT2D eigenvalue weighted by molar-refractivity contribution is 5.76. The lowest BCUT2D eigenvalue weighted by Crippen LogP contribution is -2.37. The summed E-state index contributed by atoms with van der Waals surface area (Å²) in [5.41, 5.74) is 0.0302. The minimum Gasteiger partial charge on any atom is -0.380 e. The van der Waals surface area contributed by atoms with Crippen LogP contribution in [0.15, 0.2) is 29.2 Å². The van der Waals surface area contributed by atoms with Crippen molar-refractivity contribution in [2.75, 3.05) is 39.5 Å². The molecule has 6 nitrogen and oxygen atoms in total. The van der Waals surface area contributed by atoms with Crippen LogP contribution in [0.2, 0.25) is 0 Å². The summed E-state index contributed by atoms with van der Waals surface area (Å²) in [5.74, 6) is 0.298. The fourth-order valence-electron chi connectivity index (χ4n) is 2.57. The number of hydrogen-bond acceptors (Lipinski definition) is 4. The van der Waals surface area contributed by atoms with Crippen LogP contribution in [0.25, 0.3) is 0 Å². The number of rotatable bonds is 10. The van der Waals surface area contributed by atoms with Crippen LogP contribution in [-0.2, 0) is 20.8 Å². The van der Waals surface area contributed by atoms with Gasteiger partial charge in [0.25, 0.3) is 5.56 Å². The van der Waals surface area contributed by atoms with E-state index in [1.165, 1.54) is 0 Å². The number of carbonyl (C=O) groups is 1. The average molecular weight is 367 g/mol. The van der Waals surface area contributed by atoms with Crippen molar-refractivity contribution in [3.63, 3.8) is 0 Å². The highest BCUT2D eigenvalue weighted by Crippen LogP contribution is 2.09. The van der Waals surface area contributed by atoms with E-state index in [9.17, 15) is 9.59 Å². The molecule has 2 rings (SSSR count). The lowest BCUT2D eigenvalue weighted by Gasteiger charge is -2.26. The van der Waals surface area contributed by atoms with Gasteiger partial charge in [-0.25, -0.2) is 0 Å². The van der Waals surface area contributed by atoms with E-state index in [2.05, 4.69) is 13.8 Å². The molecular formula is C20H34N2O4. The Bertz CT molecular complexity index is 545. The Kier molecular flexibility index (Phi) is 12.5. The maximum absolute atomic E-state index is 11.3. The Hall–Kier alpha value is -1.66. The van der Waals surface area contributed by atoms with Gasteiger partial charge in [-0.15, -0.1) is 0 Å². The minimum absolute atomic E-state index is 0.0302. The SMILES string of the molecule is CCCOCCN1CCCCC1=O.CCCOCCn1ccccc1=O. The summed E-state index contributed by atoms with van der Waals surface area (Å²) in [7, 11) is 0. The first-order valence-corrected chi connectivity index (χ1v) is 9.77. The number of amides is 1. The molecule has 0 radical (unpaired) electrons. The Morgan fingerprint density at radius 3 is 2.23 bits per heavy atom. The van der Waals surface area contributed by atoms with E-state index in [4.69, 9.17) is 9.47 Å². The van der Waals surface area contributed by atoms with E-state index in [-0.39, 0.29) is 5.56 Å². The first-order chi connectivity index (χ1) is 12.7. The molecule has 0 N–H and O–H groups in total. The van der Waals surface area contributed by atoms with Crippen molar-refractivity contribution < 1.29 is 14.3 Å². The first-order valence-electron chi connectivity index (χ1n) is 9.77. The topological polar surface area (TPSA) is 60.8 Å². The Morgan fingerprint density at radius 1 is 0.923 bits per heavy atom. The summed E-state index contributed by atoms with van der Waals surface area (Å²) in [6, 6.07) is 5.15. The molecule has 1 amide bonds. The van der Waals surface area contributed by atoms with Crippen LogP contribution >= 0.6 is 0 Å². The van der Waals surface area contributed by atoms with E-state index >= 15 is 0 Å². The van der Waals surface area contributed by atoms with Gasteiger partial charge < -0.3 is 18.9 Å². The molecule has 0 aliphatic carbocycles. The third-order valence-electron chi connectivity index (χ3n) is 4.00. The average Bonchev–Trinajstić information content (AvgIpc) is 2.66. The van der Waals surface area contributed by atoms with Crippen LogP contribution < -0.4 is 5.56 Å². The fourth-order valence-corrected chi connectivity index (χ4v) is 2.57. The lowest BCUT2D eigenvalue weighted by atomic mass is 10.1. The molecule has 0 aromatic carbocycles. The van der Waals surface area contributed by atoms with E-state index in [0.717, 1.165) is 58.4 Å². The summed E-state index contributed by atoms with van der Waals surface area (Å²) in [4.78, 5) is 24.4. The molecule has 0 unspecified atom stereocenters. The highest BCUT2D eigenvalue weighted by atomic mass is 16.5. The quantitative estimate of drug-likeness (QED) is 0.598. The van der Waals surface area contributed by atoms with Gasteiger partial charge in [0.05, 0.1) is 13.2 Å². The molecule has 1 aromatic rings. The van der Waals surface area contributed by atoms with E-state index < -0.39 is 0 Å². The van der Waals surface area contributed by atoms with Gasteiger partial charge in [-0.05, 0) is 31.7 Å². The number of ether oxygens (including phenoxy) is 2. The Morgan fingerprint density at radius 2 is 1.62 bits per heavy atom.